The molecule has 0 radical (unpaired) electrons. The molecule has 10 aliphatic rings. The Bertz CT molecular complexity index is 5930. The molecule has 10 aliphatic heterocycles. The smallest absolute Gasteiger partial charge is 0.707 e. The Morgan fingerprint density at radius 2 is 0.855 bits per heavy atom. The summed E-state index contributed by atoms with van der Waals surface area (Å²) in [4.78, 5) is 20.4. The fourth-order valence-electron chi connectivity index (χ4n) is 21.1. The molecule has 0 amide bonds. The first-order chi connectivity index (χ1) is 67.6. The van der Waals surface area contributed by atoms with Gasteiger partial charge in [-0.3, -0.25) is 29.7 Å². The molecule has 0 aliphatic carbocycles. The summed E-state index contributed by atoms with van der Waals surface area (Å²) in [6.45, 7) is 29.2. The van der Waals surface area contributed by atoms with E-state index in [1.165, 1.54) is 66.6 Å². The van der Waals surface area contributed by atoms with Crippen LogP contribution < -0.4 is 24.1 Å². The molecule has 8 aromatic carbocycles. The predicted octanol–water partition coefficient (Wildman–Crippen LogP) is 15.3. The van der Waals surface area contributed by atoms with Crippen LogP contribution in [0.2, 0.25) is 0 Å². The zero-order valence-electron chi connectivity index (χ0n) is 82.5. The molecule has 34 heteroatoms. The maximum absolute atomic E-state index is 11.4. The molecule has 0 spiro atoms. The molecule has 13 heterocycles. The molecule has 10 saturated heterocycles. The zero-order chi connectivity index (χ0) is 103. The number of aromatic nitrogens is 3. The molecule has 6 N–H and O–H groups in total. The van der Waals surface area contributed by atoms with Crippen molar-refractivity contribution in [2.75, 3.05) is 93.0 Å². The van der Waals surface area contributed by atoms with Crippen molar-refractivity contribution in [2.45, 2.75) is 178 Å². The fourth-order valence-corrected chi connectivity index (χ4v) is 22.8. The maximum atomic E-state index is 11.4. The minimum absolute atomic E-state index is 0. The number of benzene rings is 8. The number of rotatable bonds is 27. The molecule has 24 nitrogen and oxygen atoms in total. The Kier molecular flexibility index (Phi) is 46.0. The van der Waals surface area contributed by atoms with Crippen LogP contribution in [0.3, 0.4) is 0 Å². The average molecular weight is 2060 g/mol. The largest absolute Gasteiger partial charge is 1.00 e. The number of aliphatic hydroxyl groups is 6. The standard InChI is InChI=1S/2C20H25N2O.C19H22N2O.C18H24NO.C17H21NO.C12H17NO.C2F6NO4S2.CH4O4S.2CH4.Li/c2*1-3-14-13-22(2)11-9-15(14)12-19(22)20(23)17-8-10-21-18-7-5-4-6-16(17)18;1-2-13-12-21-10-8-14(13)11-18(21)19(22)16-7-9-20-17-6-4-3-5-15(16)17;1-16(15-20)19(2,13-17-9-5-3-6-10-17)14-18-11-7-4-8-12-18;1-15(14-19)18(12-16-8-4-2-5-9-16)13-17-10-6-3-7-11-17;14-10-12-7-4-8-13(12)9-11-5-2-1-3-6-11;3-1(4,5)14(10,11)9-15(12,13)2(6,7)8;1-6(3,4)5-2;;;/h2*3-8,10,14-15,19-20,23H,1,9,11-13H2,2H3;2-7,9,13-14,18-19,22H,1,8,10-12H2;3-12,16,20H,13-15H2,1-2H3;2-11,15,19H,12-14H2,1H3;1-3,5-6,12,14H,4,7-10H2;;2H,1H3;2*1H4;/q2*+1;;+1;;;-1;;;;+1/p-1/t2*14-,15?,19-,20-,22-;13-,14?,18-,19-;16-;15-;12-;;;;;/m000000...../s1. The molecule has 3 aromatic heterocycles. The van der Waals surface area contributed by atoms with Crippen molar-refractivity contribution < 1.29 is 124 Å². The summed E-state index contributed by atoms with van der Waals surface area (Å²) in [7, 11) is -10.3. The van der Waals surface area contributed by atoms with Gasteiger partial charge in [0.25, 0.3) is 10.1 Å². The predicted molar refractivity (Wildman–Crippen MR) is 555 cm³/mol. The van der Waals surface area contributed by atoms with Crippen molar-refractivity contribution in [1.82, 2.24) is 29.7 Å². The van der Waals surface area contributed by atoms with Gasteiger partial charge in [-0.1, -0.05) is 239 Å². The van der Waals surface area contributed by atoms with Gasteiger partial charge >= 0.3 is 29.9 Å². The van der Waals surface area contributed by atoms with Gasteiger partial charge in [-0.25, -0.2) is 25.3 Å². The van der Waals surface area contributed by atoms with E-state index in [1.807, 2.05) is 122 Å². The third kappa shape index (κ3) is 32.6. The average Bonchev–Trinajstić information content (AvgIpc) is 0.877. The Morgan fingerprint density at radius 3 is 1.19 bits per heavy atom. The third-order valence-electron chi connectivity index (χ3n) is 29.3. The van der Waals surface area contributed by atoms with Gasteiger partial charge in [0, 0.05) is 128 Å². The Balaban J connectivity index is 0.000000205. The van der Waals surface area contributed by atoms with Crippen molar-refractivity contribution in [2.24, 2.45) is 35.5 Å². The summed E-state index contributed by atoms with van der Waals surface area (Å²) in [6, 6.07) is 84.0. The zero-order valence-corrected chi connectivity index (χ0v) is 85.0. The van der Waals surface area contributed by atoms with Crippen LogP contribution in [0.25, 0.3) is 36.8 Å². The van der Waals surface area contributed by atoms with Crippen molar-refractivity contribution >= 4 is 62.9 Å². The van der Waals surface area contributed by atoms with Crippen molar-refractivity contribution in [1.29, 1.82) is 0 Å². The molecule has 18 atom stereocenters. The summed E-state index contributed by atoms with van der Waals surface area (Å²) >= 11 is 0. The number of aliphatic hydroxyl groups excluding tert-OH is 6. The first-order valence-electron chi connectivity index (χ1n) is 48.2. The number of hydrogen-bond donors (Lipinski definition) is 6. The van der Waals surface area contributed by atoms with Gasteiger partial charge in [-0.15, -0.1) is 19.7 Å². The van der Waals surface area contributed by atoms with Crippen LogP contribution in [-0.4, -0.2) is 239 Å². The number of hydrogen-bond acceptors (Lipinski definition) is 20. The van der Waals surface area contributed by atoms with Crippen LogP contribution in [0.1, 0.15) is 143 Å². The molecule has 21 rings (SSSR count). The van der Waals surface area contributed by atoms with Crippen LogP contribution in [0.4, 0.5) is 26.3 Å². The monoisotopic (exact) mass is 2060 g/mol. The van der Waals surface area contributed by atoms with Crippen molar-refractivity contribution in [3.8, 4) is 0 Å². The number of piperidine rings is 9. The van der Waals surface area contributed by atoms with Gasteiger partial charge < -0.3 is 57.8 Å². The van der Waals surface area contributed by atoms with Gasteiger partial charge in [0.2, 0.25) is 0 Å². The SMILES string of the molecule is C.C.C=C[C@H]1CN2CCC1C[C@H]2[C@@H](O)c1ccnc2ccccc12.C=C[C@H]1C[N@+]2(C)CCC1C[C@H]2[C@@H](O)c1ccnc2ccccc12.C=C[C@H]1C[N@+]2(C)CCC1C[C@H]2[C@@H](O)c1ccnc2ccccc12.CS(=O)(=O)O[O-].C[C@@H](CO)N(Cc1ccccc1)Cc1ccccc1.C[C@@H](CO)[N+](C)(Cc1ccccc1)Cc1ccccc1.O=S(=O)([N-]S(=O)(=O)C(F)(F)F)C(F)(F)F.OC[C@@H]1CCCN1Cc1ccccc1.[Li+]. The Morgan fingerprint density at radius 1 is 0.503 bits per heavy atom. The van der Waals surface area contributed by atoms with E-state index in [2.05, 4.69) is 246 Å². The van der Waals surface area contributed by atoms with Crippen LogP contribution >= 0.6 is 0 Å². The van der Waals surface area contributed by atoms with Gasteiger partial charge in [-0.05, 0) is 146 Å². The molecular formula is C111H145F6LiN10O14S3+2. The number of alkyl halides is 6. The normalized spacial score (nSPS) is 23.5. The summed E-state index contributed by atoms with van der Waals surface area (Å²) < 4.78 is 134. The summed E-state index contributed by atoms with van der Waals surface area (Å²) in [5.74, 6) is 3.83. The number of likely N-dealkylation sites (N-methyl/N-ethyl adjacent to an activating group) is 3. The summed E-state index contributed by atoms with van der Waals surface area (Å²) in [5.41, 5.74) is 0.0695. The number of quaternary nitrogens is 3. The van der Waals surface area contributed by atoms with Gasteiger partial charge in [-0.2, -0.15) is 26.3 Å². The number of nitrogens with zero attached hydrogens (tertiary/aromatic N) is 10. The van der Waals surface area contributed by atoms with E-state index in [1.54, 1.807) is 0 Å². The number of halogens is 6. The van der Waals surface area contributed by atoms with Gasteiger partial charge in [0.1, 0.15) is 43.4 Å². The van der Waals surface area contributed by atoms with Crippen LogP contribution in [-0.2, 0) is 67.2 Å². The summed E-state index contributed by atoms with van der Waals surface area (Å²) in [5, 5.41) is 73.8. The molecule has 6 bridgehead atoms. The number of sulfonamides is 2. The van der Waals surface area contributed by atoms with E-state index in [0.29, 0.717) is 54.4 Å². The van der Waals surface area contributed by atoms with E-state index in [0.717, 1.165) is 158 Å². The van der Waals surface area contributed by atoms with Crippen molar-refractivity contribution in [3.63, 3.8) is 0 Å². The molecule has 4 unspecified atom stereocenters. The van der Waals surface area contributed by atoms with Crippen LogP contribution in [0, 0.1) is 35.5 Å². The Hall–Kier alpha value is -9.36. The first-order valence-corrected chi connectivity index (χ1v) is 52.9. The van der Waals surface area contributed by atoms with Gasteiger partial charge in [0.15, 0.2) is 20.0 Å². The second-order valence-corrected chi connectivity index (χ2v) is 43.9. The van der Waals surface area contributed by atoms with E-state index < -0.39 is 59.5 Å². The maximum Gasteiger partial charge on any atom is 1.00 e. The summed E-state index contributed by atoms with van der Waals surface area (Å²) in [6.07, 6.45) is 20.5. The second-order valence-electron chi connectivity index (χ2n) is 38.9. The van der Waals surface area contributed by atoms with Gasteiger partial charge in [0.05, 0.1) is 96.1 Å². The molecular weight excluding hydrogens is 1910 g/mol. The van der Waals surface area contributed by atoms with E-state index >= 15 is 0 Å². The minimum Gasteiger partial charge on any atom is -0.707 e. The fraction of sp³-hybridized carbons (Fsp3) is 0.432. The number of pyridine rings is 3. The first kappa shape index (κ1) is 121. The van der Waals surface area contributed by atoms with Crippen LogP contribution in [0.15, 0.2) is 299 Å². The van der Waals surface area contributed by atoms with E-state index in [9.17, 15) is 82.2 Å². The quantitative estimate of drug-likeness (QED) is 0.00696. The second kappa shape index (κ2) is 55.2. The topological polar surface area (TPSA) is 319 Å². The van der Waals surface area contributed by atoms with Crippen molar-refractivity contribution in [3.05, 3.63) is 348 Å². The minimum atomic E-state index is -6.72. The molecule has 0 saturated carbocycles. The number of para-hydroxylation sites is 3. The third-order valence-corrected chi connectivity index (χ3v) is 32.3. The van der Waals surface area contributed by atoms with Crippen LogP contribution in [0.5, 0.6) is 0 Å². The van der Waals surface area contributed by atoms with E-state index in [4.69, 9.17) is 5.26 Å². The number of fused-ring (bicyclic) bond motifs is 12. The molecule has 11 aromatic rings. The number of likely N-dealkylation sites (tertiary alicyclic amines) is 1. The Labute approximate surface area is 865 Å². The molecule has 10 fully saturated rings. The van der Waals surface area contributed by atoms with E-state index in [-0.39, 0.29) is 77.1 Å². The molecule has 782 valence electrons. The molecule has 145 heavy (non-hydrogen) atoms.